The summed E-state index contributed by atoms with van der Waals surface area (Å²) in [6, 6.07) is 0. The van der Waals surface area contributed by atoms with E-state index >= 15 is 0 Å². The first-order valence-corrected chi connectivity index (χ1v) is 4.42. The Labute approximate surface area is 78.5 Å². The first-order chi connectivity index (χ1) is 6.00. The number of methoxy groups -OCH3 is 1. The van der Waals surface area contributed by atoms with E-state index < -0.39 is 5.97 Å². The van der Waals surface area contributed by atoms with Gasteiger partial charge in [-0.3, -0.25) is 4.79 Å². The zero-order valence-electron chi connectivity index (χ0n) is 8.41. The van der Waals surface area contributed by atoms with Crippen molar-refractivity contribution in [2.45, 2.75) is 30.9 Å². The maximum absolute atomic E-state index is 10.6. The van der Waals surface area contributed by atoms with Gasteiger partial charge in [-0.2, -0.15) is 0 Å². The van der Waals surface area contributed by atoms with Crippen LogP contribution < -0.4 is 0 Å². The van der Waals surface area contributed by atoms with E-state index in [1.54, 1.807) is 7.11 Å². The highest BCUT2D eigenvalue weighted by Crippen LogP contribution is 2.40. The molecule has 0 atom stereocenters. The SMILES string of the molecule is COC1CC(CC(=O)O)(N(C)C)C1. The molecule has 1 rings (SSSR count). The van der Waals surface area contributed by atoms with Crippen molar-refractivity contribution in [3.05, 3.63) is 0 Å². The molecule has 0 unspecified atom stereocenters. The van der Waals surface area contributed by atoms with Crippen LogP contribution in [0.3, 0.4) is 0 Å². The van der Waals surface area contributed by atoms with Crippen molar-refractivity contribution >= 4 is 5.97 Å². The van der Waals surface area contributed by atoms with Crippen LogP contribution in [0.4, 0.5) is 0 Å². The van der Waals surface area contributed by atoms with E-state index in [1.807, 2.05) is 19.0 Å². The van der Waals surface area contributed by atoms with Crippen molar-refractivity contribution in [2.75, 3.05) is 21.2 Å². The van der Waals surface area contributed by atoms with Crippen molar-refractivity contribution < 1.29 is 14.6 Å². The molecule has 1 N–H and O–H groups in total. The van der Waals surface area contributed by atoms with Gasteiger partial charge < -0.3 is 14.7 Å². The Morgan fingerprint density at radius 3 is 2.46 bits per heavy atom. The second-order valence-corrected chi connectivity index (χ2v) is 3.96. The number of aliphatic carboxylic acids is 1. The van der Waals surface area contributed by atoms with E-state index in [1.165, 1.54) is 0 Å². The smallest absolute Gasteiger partial charge is 0.305 e. The lowest BCUT2D eigenvalue weighted by atomic mass is 9.71. The number of ether oxygens (including phenoxy) is 1. The normalized spacial score (nSPS) is 33.1. The van der Waals surface area contributed by atoms with Gasteiger partial charge in [-0.25, -0.2) is 0 Å². The minimum absolute atomic E-state index is 0.174. The third kappa shape index (κ3) is 2.00. The van der Waals surface area contributed by atoms with Crippen molar-refractivity contribution in [2.24, 2.45) is 0 Å². The Bertz CT molecular complexity index is 197. The van der Waals surface area contributed by atoms with E-state index in [-0.39, 0.29) is 18.1 Å². The molecular weight excluding hydrogens is 170 g/mol. The highest BCUT2D eigenvalue weighted by Gasteiger charge is 2.47. The van der Waals surface area contributed by atoms with Crippen molar-refractivity contribution in [3.63, 3.8) is 0 Å². The van der Waals surface area contributed by atoms with E-state index in [4.69, 9.17) is 9.84 Å². The topological polar surface area (TPSA) is 49.8 Å². The summed E-state index contributed by atoms with van der Waals surface area (Å²) in [5.41, 5.74) is -0.174. The molecule has 1 fully saturated rings. The number of carbonyl (C=O) groups is 1. The fourth-order valence-corrected chi connectivity index (χ4v) is 1.90. The fraction of sp³-hybridized carbons (Fsp3) is 0.889. The minimum atomic E-state index is -0.733. The largest absolute Gasteiger partial charge is 0.481 e. The summed E-state index contributed by atoms with van der Waals surface area (Å²) in [5.74, 6) is -0.733. The monoisotopic (exact) mass is 187 g/mol. The lowest BCUT2D eigenvalue weighted by Crippen LogP contribution is -2.58. The van der Waals surface area contributed by atoms with E-state index in [2.05, 4.69) is 0 Å². The van der Waals surface area contributed by atoms with Crippen LogP contribution >= 0.6 is 0 Å². The number of nitrogens with zero attached hydrogens (tertiary/aromatic N) is 1. The Morgan fingerprint density at radius 1 is 1.62 bits per heavy atom. The summed E-state index contributed by atoms with van der Waals surface area (Å²) in [7, 11) is 5.52. The van der Waals surface area contributed by atoms with Crippen LogP contribution in [0.5, 0.6) is 0 Å². The summed E-state index contributed by atoms with van der Waals surface area (Å²) in [6.07, 6.45) is 2.09. The number of carboxylic acid groups (broad SMARTS) is 1. The van der Waals surface area contributed by atoms with Crippen LogP contribution in [0.25, 0.3) is 0 Å². The molecule has 76 valence electrons. The van der Waals surface area contributed by atoms with Gasteiger partial charge in [0.25, 0.3) is 0 Å². The lowest BCUT2D eigenvalue weighted by molar-refractivity contribution is -0.146. The summed E-state index contributed by atoms with van der Waals surface area (Å²) in [6.45, 7) is 0. The number of carboxylic acids is 1. The van der Waals surface area contributed by atoms with Crippen LogP contribution in [0.1, 0.15) is 19.3 Å². The fourth-order valence-electron chi connectivity index (χ4n) is 1.90. The molecular formula is C9H17NO3. The van der Waals surface area contributed by atoms with Gasteiger partial charge in [-0.15, -0.1) is 0 Å². The zero-order chi connectivity index (χ0) is 10.1. The molecule has 0 radical (unpaired) electrons. The molecule has 0 saturated heterocycles. The summed E-state index contributed by atoms with van der Waals surface area (Å²) in [4.78, 5) is 12.6. The molecule has 0 bridgehead atoms. The highest BCUT2D eigenvalue weighted by atomic mass is 16.5. The average molecular weight is 187 g/mol. The first-order valence-electron chi connectivity index (χ1n) is 4.42. The predicted octanol–water partition coefficient (Wildman–Crippen LogP) is 0.570. The molecule has 0 aromatic rings. The van der Waals surface area contributed by atoms with Crippen LogP contribution in [0.2, 0.25) is 0 Å². The standard InChI is InChI=1S/C9H17NO3/c1-10(2)9(6-8(11)12)4-7(5-9)13-3/h7H,4-6H2,1-3H3,(H,11,12). The number of hydrogen-bond acceptors (Lipinski definition) is 3. The molecule has 1 aliphatic carbocycles. The summed E-state index contributed by atoms with van der Waals surface area (Å²) >= 11 is 0. The van der Waals surface area contributed by atoms with Gasteiger partial charge in [-0.05, 0) is 26.9 Å². The molecule has 0 aromatic heterocycles. The summed E-state index contributed by atoms with van der Waals surface area (Å²) < 4.78 is 5.15. The van der Waals surface area contributed by atoms with Crippen molar-refractivity contribution in [1.29, 1.82) is 0 Å². The summed E-state index contributed by atoms with van der Waals surface area (Å²) in [5, 5.41) is 8.75. The van der Waals surface area contributed by atoms with Crippen molar-refractivity contribution in [1.82, 2.24) is 4.90 Å². The molecule has 1 aliphatic rings. The van der Waals surface area contributed by atoms with E-state index in [0.717, 1.165) is 12.8 Å². The molecule has 0 aromatic carbocycles. The first kappa shape index (κ1) is 10.5. The van der Waals surface area contributed by atoms with Crippen LogP contribution in [0.15, 0.2) is 0 Å². The van der Waals surface area contributed by atoms with Crippen LogP contribution in [-0.2, 0) is 9.53 Å². The van der Waals surface area contributed by atoms with Gasteiger partial charge in [0.2, 0.25) is 0 Å². The third-order valence-corrected chi connectivity index (χ3v) is 2.98. The second-order valence-electron chi connectivity index (χ2n) is 3.96. The minimum Gasteiger partial charge on any atom is -0.481 e. The Hall–Kier alpha value is -0.610. The van der Waals surface area contributed by atoms with E-state index in [9.17, 15) is 4.79 Å². The maximum atomic E-state index is 10.6. The second kappa shape index (κ2) is 3.64. The quantitative estimate of drug-likeness (QED) is 0.699. The zero-order valence-corrected chi connectivity index (χ0v) is 8.41. The van der Waals surface area contributed by atoms with Crippen LogP contribution in [0, 0.1) is 0 Å². The molecule has 0 amide bonds. The molecule has 4 heteroatoms. The number of hydrogen-bond donors (Lipinski definition) is 1. The highest BCUT2D eigenvalue weighted by molar-refractivity contribution is 5.68. The van der Waals surface area contributed by atoms with Crippen molar-refractivity contribution in [3.8, 4) is 0 Å². The van der Waals surface area contributed by atoms with Crippen LogP contribution in [-0.4, -0.2) is 48.8 Å². The van der Waals surface area contributed by atoms with E-state index in [0.29, 0.717) is 0 Å². The molecule has 0 heterocycles. The van der Waals surface area contributed by atoms with Gasteiger partial charge in [0, 0.05) is 12.6 Å². The predicted molar refractivity (Wildman–Crippen MR) is 48.7 cm³/mol. The van der Waals surface area contributed by atoms with Gasteiger partial charge in [0.05, 0.1) is 12.5 Å². The Balaban J connectivity index is 2.54. The van der Waals surface area contributed by atoms with Gasteiger partial charge in [0.1, 0.15) is 0 Å². The molecule has 0 aliphatic heterocycles. The molecule has 1 saturated carbocycles. The number of rotatable bonds is 4. The average Bonchev–Trinajstić information content (AvgIpc) is 1.94. The molecule has 4 nitrogen and oxygen atoms in total. The van der Waals surface area contributed by atoms with Gasteiger partial charge in [0.15, 0.2) is 0 Å². The molecule has 0 spiro atoms. The molecule has 13 heavy (non-hydrogen) atoms. The Kier molecular flexibility index (Phi) is 2.93. The Morgan fingerprint density at radius 2 is 2.15 bits per heavy atom. The lowest BCUT2D eigenvalue weighted by Gasteiger charge is -2.50. The third-order valence-electron chi connectivity index (χ3n) is 2.98. The maximum Gasteiger partial charge on any atom is 0.305 e. The van der Waals surface area contributed by atoms with Gasteiger partial charge in [-0.1, -0.05) is 0 Å². The van der Waals surface area contributed by atoms with Gasteiger partial charge >= 0.3 is 5.97 Å².